The Morgan fingerprint density at radius 2 is 1.72 bits per heavy atom. The molecule has 2 fully saturated rings. The predicted octanol–water partition coefficient (Wildman–Crippen LogP) is 0.903. The molecule has 29 heavy (non-hydrogen) atoms. The fourth-order valence-corrected chi connectivity index (χ4v) is 3.37. The minimum Gasteiger partial charge on any atom is -0.497 e. The molecule has 0 radical (unpaired) electrons. The first-order valence-corrected chi connectivity index (χ1v) is 9.32. The van der Waals surface area contributed by atoms with E-state index in [1.165, 1.54) is 7.11 Å². The van der Waals surface area contributed by atoms with Gasteiger partial charge in [0.2, 0.25) is 0 Å². The lowest BCUT2D eigenvalue weighted by molar-refractivity contribution is -0.152. The summed E-state index contributed by atoms with van der Waals surface area (Å²) < 4.78 is 15.1. The Bertz CT molecular complexity index is 787. The van der Waals surface area contributed by atoms with Gasteiger partial charge in [0.1, 0.15) is 17.0 Å². The second kappa shape index (κ2) is 8.80. The van der Waals surface area contributed by atoms with Gasteiger partial charge in [-0.15, -0.1) is 0 Å². The molecule has 1 aliphatic carbocycles. The normalized spacial score (nSPS) is 17.6. The van der Waals surface area contributed by atoms with Gasteiger partial charge < -0.3 is 19.5 Å². The molecule has 4 amide bonds. The van der Waals surface area contributed by atoms with Crippen LogP contribution in [0.5, 0.6) is 11.5 Å². The molecule has 2 aliphatic rings. The Morgan fingerprint density at radius 1 is 1.07 bits per heavy atom. The third kappa shape index (κ3) is 4.76. The minimum absolute atomic E-state index is 0.397. The zero-order valence-electron chi connectivity index (χ0n) is 16.1. The molecule has 10 nitrogen and oxygen atoms in total. The number of nitrogens with one attached hydrogen (secondary N) is 2. The lowest BCUT2D eigenvalue weighted by Gasteiger charge is -2.30. The van der Waals surface area contributed by atoms with Crippen LogP contribution in [0.25, 0.3) is 0 Å². The van der Waals surface area contributed by atoms with Gasteiger partial charge in [0.25, 0.3) is 11.8 Å². The first kappa shape index (κ1) is 20.4. The number of hydrogen-bond donors (Lipinski definition) is 2. The topological polar surface area (TPSA) is 123 Å². The molecule has 1 spiro atoms. The number of hydrazine groups is 1. The predicted molar refractivity (Wildman–Crippen MR) is 98.8 cm³/mol. The van der Waals surface area contributed by atoms with E-state index in [0.29, 0.717) is 29.3 Å². The Kier molecular flexibility index (Phi) is 6.20. The van der Waals surface area contributed by atoms with Crippen molar-refractivity contribution in [1.82, 2.24) is 15.8 Å². The first-order valence-electron chi connectivity index (χ1n) is 9.32. The number of imide groups is 1. The molecule has 0 bridgehead atoms. The molecule has 0 atom stereocenters. The van der Waals surface area contributed by atoms with Crippen molar-refractivity contribution >= 4 is 23.8 Å². The zero-order valence-corrected chi connectivity index (χ0v) is 16.1. The zero-order chi connectivity index (χ0) is 20.9. The third-order valence-corrected chi connectivity index (χ3v) is 4.89. The molecule has 1 heterocycles. The standard InChI is InChI=1S/C19H23N3O7/c1-27-13-5-7-14(8-6-13)28-12-16(24)29-11-15(23)21-22-17(25)19(20-18(22)26)9-3-2-4-10-19/h5-8H,2-4,9-12H2,1H3,(H,20,26)(H,21,23). The molecule has 1 aromatic rings. The van der Waals surface area contributed by atoms with Crippen LogP contribution in [0.4, 0.5) is 4.79 Å². The van der Waals surface area contributed by atoms with Gasteiger partial charge in [-0.1, -0.05) is 19.3 Å². The van der Waals surface area contributed by atoms with E-state index in [-0.39, 0.29) is 0 Å². The van der Waals surface area contributed by atoms with Crippen LogP contribution in [0.2, 0.25) is 0 Å². The van der Waals surface area contributed by atoms with Crippen molar-refractivity contribution in [2.24, 2.45) is 0 Å². The lowest BCUT2D eigenvalue weighted by Crippen LogP contribution is -2.51. The number of hydrogen-bond acceptors (Lipinski definition) is 7. The smallest absolute Gasteiger partial charge is 0.344 e. The molecule has 156 valence electrons. The van der Waals surface area contributed by atoms with E-state index in [9.17, 15) is 19.2 Å². The number of carbonyl (C=O) groups excluding carboxylic acids is 4. The van der Waals surface area contributed by atoms with Crippen LogP contribution in [0, 0.1) is 0 Å². The van der Waals surface area contributed by atoms with E-state index < -0.39 is 42.6 Å². The average molecular weight is 405 g/mol. The number of ether oxygens (including phenoxy) is 3. The molecular weight excluding hydrogens is 382 g/mol. The number of amides is 4. The second-order valence-corrected chi connectivity index (χ2v) is 6.87. The van der Waals surface area contributed by atoms with Crippen molar-refractivity contribution in [1.29, 1.82) is 0 Å². The van der Waals surface area contributed by atoms with Crippen LogP contribution in [0.3, 0.4) is 0 Å². The summed E-state index contributed by atoms with van der Waals surface area (Å²) in [6, 6.07) is 5.91. The Balaban J connectivity index is 1.42. The van der Waals surface area contributed by atoms with E-state index >= 15 is 0 Å². The maximum absolute atomic E-state index is 12.6. The van der Waals surface area contributed by atoms with Crippen molar-refractivity contribution in [3.05, 3.63) is 24.3 Å². The van der Waals surface area contributed by atoms with Crippen molar-refractivity contribution in [2.75, 3.05) is 20.3 Å². The van der Waals surface area contributed by atoms with Gasteiger partial charge >= 0.3 is 12.0 Å². The Morgan fingerprint density at radius 3 is 2.38 bits per heavy atom. The summed E-state index contributed by atoms with van der Waals surface area (Å²) in [6.07, 6.45) is 3.76. The molecule has 0 unspecified atom stereocenters. The number of rotatable bonds is 7. The monoisotopic (exact) mass is 405 g/mol. The van der Waals surface area contributed by atoms with Gasteiger partial charge in [0.05, 0.1) is 7.11 Å². The summed E-state index contributed by atoms with van der Waals surface area (Å²) in [5.74, 6) is -0.961. The molecule has 0 aromatic heterocycles. The number of carbonyl (C=O) groups is 4. The molecule has 10 heteroatoms. The van der Waals surface area contributed by atoms with Crippen molar-refractivity contribution < 1.29 is 33.4 Å². The highest BCUT2D eigenvalue weighted by Gasteiger charge is 2.52. The number of methoxy groups -OCH3 is 1. The number of nitrogens with zero attached hydrogens (tertiary/aromatic N) is 1. The van der Waals surface area contributed by atoms with E-state index in [1.807, 2.05) is 0 Å². The van der Waals surface area contributed by atoms with Gasteiger partial charge in [0.15, 0.2) is 13.2 Å². The highest BCUT2D eigenvalue weighted by Crippen LogP contribution is 2.32. The average Bonchev–Trinajstić information content (AvgIpc) is 2.95. The van der Waals surface area contributed by atoms with Gasteiger partial charge in [-0.2, -0.15) is 5.01 Å². The molecule has 1 saturated carbocycles. The van der Waals surface area contributed by atoms with Crippen LogP contribution in [-0.4, -0.2) is 54.7 Å². The number of esters is 1. The van der Waals surface area contributed by atoms with E-state index in [4.69, 9.17) is 14.2 Å². The Labute approximate surface area is 167 Å². The van der Waals surface area contributed by atoms with Crippen LogP contribution in [-0.2, 0) is 19.1 Å². The lowest BCUT2D eigenvalue weighted by atomic mass is 9.82. The minimum atomic E-state index is -0.939. The quantitative estimate of drug-likeness (QED) is 0.510. The maximum Gasteiger partial charge on any atom is 0.344 e. The fourth-order valence-electron chi connectivity index (χ4n) is 3.37. The summed E-state index contributed by atoms with van der Waals surface area (Å²) >= 11 is 0. The fraction of sp³-hybridized carbons (Fsp3) is 0.474. The number of benzene rings is 1. The second-order valence-electron chi connectivity index (χ2n) is 6.87. The molecule has 1 saturated heterocycles. The van der Waals surface area contributed by atoms with E-state index in [2.05, 4.69) is 10.7 Å². The molecule has 2 N–H and O–H groups in total. The van der Waals surface area contributed by atoms with Crippen molar-refractivity contribution in [2.45, 2.75) is 37.6 Å². The Hall–Kier alpha value is -3.30. The van der Waals surface area contributed by atoms with Gasteiger partial charge in [0, 0.05) is 0 Å². The van der Waals surface area contributed by atoms with Crippen molar-refractivity contribution in [3.63, 3.8) is 0 Å². The SMILES string of the molecule is COc1ccc(OCC(=O)OCC(=O)NN2C(=O)NC3(CCCCC3)C2=O)cc1. The van der Waals surface area contributed by atoms with E-state index in [0.717, 1.165) is 19.3 Å². The van der Waals surface area contributed by atoms with Crippen LogP contribution in [0.1, 0.15) is 32.1 Å². The van der Waals surface area contributed by atoms with Crippen molar-refractivity contribution in [3.8, 4) is 11.5 Å². The summed E-state index contributed by atoms with van der Waals surface area (Å²) in [5.41, 5.74) is 1.25. The summed E-state index contributed by atoms with van der Waals surface area (Å²) in [7, 11) is 1.53. The largest absolute Gasteiger partial charge is 0.497 e. The number of urea groups is 1. The van der Waals surface area contributed by atoms with Crippen LogP contribution in [0.15, 0.2) is 24.3 Å². The highest BCUT2D eigenvalue weighted by atomic mass is 16.6. The van der Waals surface area contributed by atoms with Gasteiger partial charge in [-0.05, 0) is 37.1 Å². The van der Waals surface area contributed by atoms with Crippen LogP contribution < -0.4 is 20.2 Å². The summed E-state index contributed by atoms with van der Waals surface area (Å²) in [6.45, 7) is -1.04. The highest BCUT2D eigenvalue weighted by molar-refractivity contribution is 6.08. The first-order chi connectivity index (χ1) is 13.9. The molecule has 1 aromatic carbocycles. The molecule has 3 rings (SSSR count). The molecule has 1 aliphatic heterocycles. The van der Waals surface area contributed by atoms with Gasteiger partial charge in [-0.3, -0.25) is 15.0 Å². The van der Waals surface area contributed by atoms with E-state index in [1.54, 1.807) is 24.3 Å². The summed E-state index contributed by atoms with van der Waals surface area (Å²) in [4.78, 5) is 48.4. The third-order valence-electron chi connectivity index (χ3n) is 4.89. The summed E-state index contributed by atoms with van der Waals surface area (Å²) in [5, 5.41) is 3.33. The van der Waals surface area contributed by atoms with Crippen LogP contribution >= 0.6 is 0 Å². The maximum atomic E-state index is 12.6. The molecular formula is C19H23N3O7. The van der Waals surface area contributed by atoms with Gasteiger partial charge in [-0.25, -0.2) is 9.59 Å².